The molecule has 2 aliphatic carbocycles. The Labute approximate surface area is 222 Å². The molecule has 5 rings (SSSR count). The molecule has 0 saturated carbocycles. The summed E-state index contributed by atoms with van der Waals surface area (Å²) in [6, 6.07) is 17.2. The molecule has 7 heteroatoms. The van der Waals surface area contributed by atoms with Crippen LogP contribution in [0.25, 0.3) is 0 Å². The third-order valence-electron chi connectivity index (χ3n) is 7.32. The van der Waals surface area contributed by atoms with E-state index in [0.717, 1.165) is 5.56 Å². The van der Waals surface area contributed by atoms with Crippen molar-refractivity contribution >= 4 is 23.0 Å². The number of carbonyl (C=O) groups is 2. The van der Waals surface area contributed by atoms with Crippen LogP contribution in [0.15, 0.2) is 75.4 Å². The second kappa shape index (κ2) is 10.4. The number of Topliss-reactive ketones (excluding diaryl/α,β-unsaturated/α-hetero) is 2. The van der Waals surface area contributed by atoms with Gasteiger partial charge in [0.15, 0.2) is 11.6 Å². The Morgan fingerprint density at radius 1 is 1.05 bits per heavy atom. The van der Waals surface area contributed by atoms with Crippen LogP contribution < -0.4 is 4.74 Å². The highest BCUT2D eigenvalue weighted by atomic mass is 16.5. The highest BCUT2D eigenvalue weighted by molar-refractivity contribution is 6.23. The van der Waals surface area contributed by atoms with Gasteiger partial charge in [0.1, 0.15) is 17.3 Å². The van der Waals surface area contributed by atoms with Crippen LogP contribution >= 0.6 is 0 Å². The summed E-state index contributed by atoms with van der Waals surface area (Å²) in [7, 11) is 1.59. The molecule has 7 nitrogen and oxygen atoms in total. The van der Waals surface area contributed by atoms with Gasteiger partial charge >= 0.3 is 0 Å². The van der Waals surface area contributed by atoms with Crippen molar-refractivity contribution in [3.05, 3.63) is 88.5 Å². The molecule has 0 spiro atoms. The highest BCUT2D eigenvalue weighted by Gasteiger charge is 2.36. The highest BCUT2D eigenvalue weighted by Crippen LogP contribution is 2.38. The lowest BCUT2D eigenvalue weighted by Crippen LogP contribution is -2.29. The molecule has 2 aromatic carbocycles. The number of carbonyl (C=O) groups excluding carboxylic acids is 2. The maximum absolute atomic E-state index is 13.2. The number of aliphatic imine (C=N–C) groups is 1. The van der Waals surface area contributed by atoms with E-state index in [4.69, 9.17) is 14.3 Å². The minimum absolute atomic E-state index is 0.0163. The summed E-state index contributed by atoms with van der Waals surface area (Å²) < 4.78 is 10.9. The van der Waals surface area contributed by atoms with E-state index in [0.29, 0.717) is 72.7 Å². The van der Waals surface area contributed by atoms with Crippen LogP contribution in [0, 0.1) is 5.41 Å². The van der Waals surface area contributed by atoms with Crippen LogP contribution in [0.1, 0.15) is 72.8 Å². The van der Waals surface area contributed by atoms with Crippen molar-refractivity contribution in [3.8, 4) is 5.75 Å². The fraction of sp³-hybridized carbons (Fsp3) is 0.355. The molecule has 38 heavy (non-hydrogen) atoms. The first-order chi connectivity index (χ1) is 18.2. The average Bonchev–Trinajstić information content (AvgIpc) is 3.30. The molecule has 2 aliphatic rings. The van der Waals surface area contributed by atoms with Crippen molar-refractivity contribution in [2.24, 2.45) is 10.4 Å². The molecule has 196 valence electrons. The van der Waals surface area contributed by atoms with Crippen molar-refractivity contribution < 1.29 is 24.0 Å². The van der Waals surface area contributed by atoms with Gasteiger partial charge in [0.25, 0.3) is 0 Å². The van der Waals surface area contributed by atoms with Crippen molar-refractivity contribution in [2.45, 2.75) is 58.3 Å². The monoisotopic (exact) mass is 512 g/mol. The first kappa shape index (κ1) is 25.6. The van der Waals surface area contributed by atoms with Crippen molar-refractivity contribution in [1.82, 2.24) is 5.16 Å². The number of allylic oxidation sites excluding steroid dienone is 2. The molecule has 1 unspecified atom stereocenters. The number of aryl methyl sites for hydroxylation is 1. The lowest BCUT2D eigenvalue weighted by atomic mass is 9.75. The molecular weight excluding hydrogens is 480 g/mol. The number of aliphatic hydroxyl groups excluding tert-OH is 1. The van der Waals surface area contributed by atoms with Gasteiger partial charge in [-0.25, -0.2) is 0 Å². The lowest BCUT2D eigenvalue weighted by Gasteiger charge is -2.30. The van der Waals surface area contributed by atoms with Crippen LogP contribution in [-0.2, 0) is 17.6 Å². The number of methoxy groups -OCH3 is 1. The Hall–Kier alpha value is -4.00. The standard InChI is InChI=1S/C31H32N2O5/c1-31(2)17-26(35)29(27(36)18-31)23(32-21-9-11-22(37-3)12-10-21)13-14-24-30-25(34)15-20(16-28(30)38-33-24)19-7-5-4-6-8-19/h4-12,20,35H,13-18H2,1-3H3. The number of rotatable bonds is 7. The van der Waals surface area contributed by atoms with E-state index in [9.17, 15) is 14.7 Å². The van der Waals surface area contributed by atoms with Crippen LogP contribution in [0.2, 0.25) is 0 Å². The molecule has 0 radical (unpaired) electrons. The van der Waals surface area contributed by atoms with E-state index in [2.05, 4.69) is 5.16 Å². The molecule has 1 N–H and O–H groups in total. The number of hydrogen-bond acceptors (Lipinski definition) is 7. The smallest absolute Gasteiger partial charge is 0.168 e. The van der Waals surface area contributed by atoms with Gasteiger partial charge in [0, 0.05) is 25.7 Å². The van der Waals surface area contributed by atoms with Gasteiger partial charge in [-0.3, -0.25) is 14.6 Å². The van der Waals surface area contributed by atoms with E-state index >= 15 is 0 Å². The molecule has 1 atom stereocenters. The van der Waals surface area contributed by atoms with E-state index in [-0.39, 0.29) is 34.2 Å². The number of nitrogens with zero attached hydrogens (tertiary/aromatic N) is 2. The Kier molecular flexibility index (Phi) is 7.02. The Morgan fingerprint density at radius 3 is 2.47 bits per heavy atom. The van der Waals surface area contributed by atoms with E-state index in [1.54, 1.807) is 31.4 Å². The van der Waals surface area contributed by atoms with E-state index in [1.165, 1.54) is 0 Å². The predicted octanol–water partition coefficient (Wildman–Crippen LogP) is 6.50. The molecule has 0 bridgehead atoms. The van der Waals surface area contributed by atoms with Crippen molar-refractivity contribution in [2.75, 3.05) is 7.11 Å². The SMILES string of the molecule is COc1ccc(N=C(CCc2noc3c2C(=O)CC(c2ccccc2)C3)C2=C(O)CC(C)(C)CC2=O)cc1. The summed E-state index contributed by atoms with van der Waals surface area (Å²) in [4.78, 5) is 31.1. The molecule has 1 heterocycles. The van der Waals surface area contributed by atoms with Crippen LogP contribution in [0.5, 0.6) is 5.75 Å². The number of fused-ring (bicyclic) bond motifs is 1. The number of ether oxygens (including phenoxy) is 1. The summed E-state index contributed by atoms with van der Waals surface area (Å²) >= 11 is 0. The second-order valence-electron chi connectivity index (χ2n) is 10.9. The summed E-state index contributed by atoms with van der Waals surface area (Å²) in [6.45, 7) is 3.93. The second-order valence-corrected chi connectivity index (χ2v) is 10.9. The van der Waals surface area contributed by atoms with Gasteiger partial charge in [-0.2, -0.15) is 0 Å². The van der Waals surface area contributed by atoms with Crippen molar-refractivity contribution in [3.63, 3.8) is 0 Å². The van der Waals surface area contributed by atoms with Gasteiger partial charge in [0.2, 0.25) is 0 Å². The minimum atomic E-state index is -0.317. The Morgan fingerprint density at radius 2 is 1.79 bits per heavy atom. The molecule has 0 amide bonds. The summed E-state index contributed by atoms with van der Waals surface area (Å²) in [5.41, 5.74) is 3.31. The molecule has 0 fully saturated rings. The number of benzene rings is 2. The van der Waals surface area contributed by atoms with Crippen LogP contribution in [0.4, 0.5) is 5.69 Å². The summed E-state index contributed by atoms with van der Waals surface area (Å²) in [6.07, 6.45) is 2.43. The van der Waals surface area contributed by atoms with Gasteiger partial charge in [0.05, 0.1) is 35.3 Å². The predicted molar refractivity (Wildman–Crippen MR) is 144 cm³/mol. The molecule has 3 aromatic rings. The van der Waals surface area contributed by atoms with E-state index < -0.39 is 0 Å². The third kappa shape index (κ3) is 5.32. The molecule has 0 saturated heterocycles. The molecule has 1 aromatic heterocycles. The fourth-order valence-electron chi connectivity index (χ4n) is 5.47. The first-order valence-electron chi connectivity index (χ1n) is 13.0. The minimum Gasteiger partial charge on any atom is -0.511 e. The lowest BCUT2D eigenvalue weighted by molar-refractivity contribution is -0.118. The number of aromatic nitrogens is 1. The van der Waals surface area contributed by atoms with Crippen LogP contribution in [-0.4, -0.2) is 34.7 Å². The Bertz CT molecular complexity index is 1410. The van der Waals surface area contributed by atoms with Gasteiger partial charge < -0.3 is 14.4 Å². The van der Waals surface area contributed by atoms with Gasteiger partial charge in [-0.1, -0.05) is 49.3 Å². The molecule has 0 aliphatic heterocycles. The number of hydrogen-bond donors (Lipinski definition) is 1. The third-order valence-corrected chi connectivity index (χ3v) is 7.32. The topological polar surface area (TPSA) is 102 Å². The van der Waals surface area contributed by atoms with Crippen molar-refractivity contribution in [1.29, 1.82) is 0 Å². The maximum Gasteiger partial charge on any atom is 0.168 e. The quantitative estimate of drug-likeness (QED) is 0.363. The number of aliphatic hydroxyl groups is 1. The maximum atomic E-state index is 13.2. The fourth-order valence-corrected chi connectivity index (χ4v) is 5.47. The number of ketones is 2. The Balaban J connectivity index is 1.43. The molecular formula is C31H32N2O5. The van der Waals surface area contributed by atoms with Gasteiger partial charge in [-0.15, -0.1) is 0 Å². The summed E-state index contributed by atoms with van der Waals surface area (Å²) in [5.74, 6) is 1.32. The normalized spacial score (nSPS) is 19.4. The van der Waals surface area contributed by atoms with E-state index in [1.807, 2.05) is 44.2 Å². The van der Waals surface area contributed by atoms with Gasteiger partial charge in [-0.05, 0) is 54.0 Å². The summed E-state index contributed by atoms with van der Waals surface area (Å²) in [5, 5.41) is 15.2. The zero-order valence-corrected chi connectivity index (χ0v) is 22.0. The average molecular weight is 513 g/mol. The first-order valence-corrected chi connectivity index (χ1v) is 13.0. The zero-order valence-electron chi connectivity index (χ0n) is 22.0. The zero-order chi connectivity index (χ0) is 26.9. The largest absolute Gasteiger partial charge is 0.511 e. The van der Waals surface area contributed by atoms with Crippen LogP contribution in [0.3, 0.4) is 0 Å².